The second-order valence-corrected chi connectivity index (χ2v) is 6.38. The average Bonchev–Trinajstić information content (AvgIpc) is 2.29. The van der Waals surface area contributed by atoms with E-state index in [9.17, 15) is 13.2 Å². The van der Waals surface area contributed by atoms with E-state index in [2.05, 4.69) is 0 Å². The molecule has 0 spiro atoms. The number of carbonyl (C=O) groups excluding carboxylic acids is 1. The van der Waals surface area contributed by atoms with E-state index in [1.165, 1.54) is 6.07 Å². The van der Waals surface area contributed by atoms with Gasteiger partial charge in [-0.3, -0.25) is 4.79 Å². The zero-order valence-electron chi connectivity index (χ0n) is 6.57. The van der Waals surface area contributed by atoms with Crippen molar-refractivity contribution in [3.05, 3.63) is 16.5 Å². The summed E-state index contributed by atoms with van der Waals surface area (Å²) in [7, 11) is 1.23. The average molecular weight is 240 g/mol. The topological polar surface area (TPSA) is 77.2 Å². The van der Waals surface area contributed by atoms with Crippen molar-refractivity contribution in [1.82, 2.24) is 0 Å². The second-order valence-electron chi connectivity index (χ2n) is 2.36. The molecule has 1 aromatic rings. The molecule has 0 saturated carbocycles. The Labute approximate surface area is 83.7 Å². The minimum Gasteiger partial charge on any atom is -0.366 e. The summed E-state index contributed by atoms with van der Waals surface area (Å²) >= 11 is 0.929. The highest BCUT2D eigenvalue weighted by Crippen LogP contribution is 2.28. The number of rotatable bonds is 2. The maximum absolute atomic E-state index is 10.9. The van der Waals surface area contributed by atoms with E-state index in [0.29, 0.717) is 4.88 Å². The standard InChI is InChI=1S/C6H6ClNO3S2/c1-3-2-4(5(8)9)6(12-3)13(7,10)11/h2H,1H3,(H2,8,9). The first-order valence-corrected chi connectivity index (χ1v) is 6.30. The van der Waals surface area contributed by atoms with E-state index < -0.39 is 15.0 Å². The number of primary amides is 1. The number of amides is 1. The fourth-order valence-corrected chi connectivity index (χ4v) is 3.33. The van der Waals surface area contributed by atoms with Crippen LogP contribution in [0.25, 0.3) is 0 Å². The first kappa shape index (κ1) is 10.5. The van der Waals surface area contributed by atoms with E-state index in [1.807, 2.05) is 0 Å². The van der Waals surface area contributed by atoms with Crippen molar-refractivity contribution in [2.75, 3.05) is 0 Å². The summed E-state index contributed by atoms with van der Waals surface area (Å²) in [5, 5.41) is 0. The van der Waals surface area contributed by atoms with Gasteiger partial charge < -0.3 is 5.73 Å². The summed E-state index contributed by atoms with van der Waals surface area (Å²) in [6.45, 7) is 1.67. The van der Waals surface area contributed by atoms with Crippen LogP contribution >= 0.6 is 22.0 Å². The molecule has 0 bridgehead atoms. The van der Waals surface area contributed by atoms with E-state index in [4.69, 9.17) is 16.4 Å². The number of hydrogen-bond donors (Lipinski definition) is 1. The molecule has 0 aliphatic carbocycles. The van der Waals surface area contributed by atoms with Crippen molar-refractivity contribution in [1.29, 1.82) is 0 Å². The predicted molar refractivity (Wildman–Crippen MR) is 50.6 cm³/mol. The van der Waals surface area contributed by atoms with Gasteiger partial charge in [0.15, 0.2) is 0 Å². The lowest BCUT2D eigenvalue weighted by molar-refractivity contribution is 0.0998. The van der Waals surface area contributed by atoms with Gasteiger partial charge in [-0.05, 0) is 13.0 Å². The Morgan fingerprint density at radius 2 is 2.15 bits per heavy atom. The number of hydrogen-bond acceptors (Lipinski definition) is 4. The smallest absolute Gasteiger partial charge is 0.271 e. The number of nitrogens with two attached hydrogens (primary N) is 1. The van der Waals surface area contributed by atoms with Crippen LogP contribution in [0.5, 0.6) is 0 Å². The lowest BCUT2D eigenvalue weighted by Crippen LogP contribution is -2.12. The largest absolute Gasteiger partial charge is 0.366 e. The molecule has 0 fully saturated rings. The molecule has 0 saturated heterocycles. The van der Waals surface area contributed by atoms with Gasteiger partial charge in [-0.2, -0.15) is 0 Å². The predicted octanol–water partition coefficient (Wildman–Crippen LogP) is 1.08. The summed E-state index contributed by atoms with van der Waals surface area (Å²) in [6.07, 6.45) is 0. The van der Waals surface area contributed by atoms with Crippen LogP contribution in [-0.2, 0) is 9.05 Å². The van der Waals surface area contributed by atoms with Gasteiger partial charge in [-0.15, -0.1) is 11.3 Å². The molecule has 7 heteroatoms. The first-order chi connectivity index (χ1) is 5.82. The minimum atomic E-state index is -3.87. The number of thiophene rings is 1. The third kappa shape index (κ3) is 2.20. The second kappa shape index (κ2) is 3.28. The minimum absolute atomic E-state index is 0.0440. The van der Waals surface area contributed by atoms with Gasteiger partial charge in [-0.25, -0.2) is 8.42 Å². The molecular formula is C6H6ClNO3S2. The van der Waals surface area contributed by atoms with Crippen molar-refractivity contribution >= 4 is 37.0 Å². The van der Waals surface area contributed by atoms with Crippen molar-refractivity contribution in [3.8, 4) is 0 Å². The quantitative estimate of drug-likeness (QED) is 0.785. The summed E-state index contributed by atoms with van der Waals surface area (Å²) in [5.74, 6) is -0.788. The highest BCUT2D eigenvalue weighted by molar-refractivity contribution is 8.15. The Balaban J connectivity index is 3.46. The van der Waals surface area contributed by atoms with E-state index >= 15 is 0 Å². The number of halogens is 1. The van der Waals surface area contributed by atoms with Crippen LogP contribution in [0.1, 0.15) is 15.2 Å². The molecule has 0 aromatic carbocycles. The third-order valence-corrected chi connectivity index (χ3v) is 4.46. The Hall–Kier alpha value is -0.590. The van der Waals surface area contributed by atoms with Gasteiger partial charge >= 0.3 is 0 Å². The zero-order valence-corrected chi connectivity index (χ0v) is 8.96. The Morgan fingerprint density at radius 3 is 2.46 bits per heavy atom. The number of aryl methyl sites for hydroxylation is 1. The Bertz CT molecular complexity index is 448. The van der Waals surface area contributed by atoms with Gasteiger partial charge in [0.1, 0.15) is 4.21 Å². The van der Waals surface area contributed by atoms with Crippen LogP contribution in [0, 0.1) is 6.92 Å². The van der Waals surface area contributed by atoms with Gasteiger partial charge in [0.25, 0.3) is 15.0 Å². The van der Waals surface area contributed by atoms with Gasteiger partial charge in [0, 0.05) is 15.6 Å². The Morgan fingerprint density at radius 1 is 1.62 bits per heavy atom. The van der Waals surface area contributed by atoms with Crippen LogP contribution in [0.3, 0.4) is 0 Å². The molecule has 0 radical (unpaired) electrons. The van der Waals surface area contributed by atoms with Crippen molar-refractivity contribution in [2.24, 2.45) is 5.73 Å². The van der Waals surface area contributed by atoms with Crippen LogP contribution in [0.2, 0.25) is 0 Å². The highest BCUT2D eigenvalue weighted by Gasteiger charge is 2.21. The van der Waals surface area contributed by atoms with Crippen LogP contribution in [0.4, 0.5) is 0 Å². The molecule has 4 nitrogen and oxygen atoms in total. The summed E-state index contributed by atoms with van der Waals surface area (Å²) < 4.78 is 21.7. The van der Waals surface area contributed by atoms with Gasteiger partial charge in [0.2, 0.25) is 0 Å². The molecule has 0 unspecified atom stereocenters. The Kier molecular flexibility index (Phi) is 2.65. The lowest BCUT2D eigenvalue weighted by Gasteiger charge is -1.93. The molecule has 1 amide bonds. The van der Waals surface area contributed by atoms with E-state index in [1.54, 1.807) is 6.92 Å². The monoisotopic (exact) mass is 239 g/mol. The summed E-state index contributed by atoms with van der Waals surface area (Å²) in [4.78, 5) is 11.5. The van der Waals surface area contributed by atoms with Crippen LogP contribution < -0.4 is 5.73 Å². The van der Waals surface area contributed by atoms with Crippen LogP contribution in [0.15, 0.2) is 10.3 Å². The van der Waals surface area contributed by atoms with Crippen LogP contribution in [-0.4, -0.2) is 14.3 Å². The molecule has 0 atom stereocenters. The molecule has 2 N–H and O–H groups in total. The fourth-order valence-electron chi connectivity index (χ4n) is 0.846. The fraction of sp³-hybridized carbons (Fsp3) is 0.167. The molecule has 13 heavy (non-hydrogen) atoms. The molecule has 72 valence electrons. The van der Waals surface area contributed by atoms with Gasteiger partial charge in [0.05, 0.1) is 5.56 Å². The van der Waals surface area contributed by atoms with E-state index in [-0.39, 0.29) is 9.77 Å². The molecule has 0 aliphatic heterocycles. The molecule has 0 aliphatic rings. The van der Waals surface area contributed by atoms with Crippen molar-refractivity contribution in [3.63, 3.8) is 0 Å². The normalized spacial score (nSPS) is 11.5. The third-order valence-electron chi connectivity index (χ3n) is 1.31. The van der Waals surface area contributed by atoms with Gasteiger partial charge in [-0.1, -0.05) is 0 Å². The molecule has 1 aromatic heterocycles. The highest BCUT2D eigenvalue weighted by atomic mass is 35.7. The van der Waals surface area contributed by atoms with Crippen molar-refractivity contribution in [2.45, 2.75) is 11.1 Å². The summed E-state index contributed by atoms with van der Waals surface area (Å²) in [6, 6.07) is 1.41. The summed E-state index contributed by atoms with van der Waals surface area (Å²) in [5.41, 5.74) is 4.93. The zero-order chi connectivity index (χ0) is 10.2. The number of carbonyl (C=O) groups is 1. The lowest BCUT2D eigenvalue weighted by atomic mass is 10.3. The van der Waals surface area contributed by atoms with Crippen molar-refractivity contribution < 1.29 is 13.2 Å². The molecule has 1 heterocycles. The maximum Gasteiger partial charge on any atom is 0.271 e. The maximum atomic E-state index is 10.9. The SMILES string of the molecule is Cc1cc(C(N)=O)c(S(=O)(=O)Cl)s1. The van der Waals surface area contributed by atoms with E-state index in [0.717, 1.165) is 11.3 Å². The molecular weight excluding hydrogens is 234 g/mol. The first-order valence-electron chi connectivity index (χ1n) is 3.17. The molecule has 1 rings (SSSR count).